The maximum Gasteiger partial charge on any atom is 0.248 e. The third kappa shape index (κ3) is 4.26. The van der Waals surface area contributed by atoms with Gasteiger partial charge in [-0.25, -0.2) is 0 Å². The van der Waals surface area contributed by atoms with Gasteiger partial charge in [0.15, 0.2) is 0 Å². The number of anilines is 2. The summed E-state index contributed by atoms with van der Waals surface area (Å²) in [7, 11) is 0. The van der Waals surface area contributed by atoms with Crippen LogP contribution < -0.4 is 10.2 Å². The molecule has 0 saturated carbocycles. The fourth-order valence-corrected chi connectivity index (χ4v) is 2.81. The standard InChI is InChI=1S/C19H23N3O2/c1-2-21-11-13-22(14-12-21)17-7-5-16(6-8-17)20-19(23)10-9-18-4-3-15-24-18/h3-10,15H,2,11-14H2,1H3,(H,20,23). The summed E-state index contributed by atoms with van der Waals surface area (Å²) in [6.45, 7) is 7.62. The number of benzene rings is 1. The molecule has 5 nitrogen and oxygen atoms in total. The van der Waals surface area contributed by atoms with Crippen molar-refractivity contribution in [1.82, 2.24) is 4.90 Å². The lowest BCUT2D eigenvalue weighted by atomic mass is 10.2. The predicted molar refractivity (Wildman–Crippen MR) is 97.1 cm³/mol. The molecule has 0 aliphatic carbocycles. The van der Waals surface area contributed by atoms with E-state index in [1.165, 1.54) is 11.8 Å². The lowest BCUT2D eigenvalue weighted by Crippen LogP contribution is -2.46. The first-order chi connectivity index (χ1) is 11.7. The Kier molecular flexibility index (Phi) is 5.33. The molecule has 0 spiro atoms. The van der Waals surface area contributed by atoms with Gasteiger partial charge in [0.2, 0.25) is 5.91 Å². The van der Waals surface area contributed by atoms with Crippen LogP contribution in [0.3, 0.4) is 0 Å². The van der Waals surface area contributed by atoms with Gasteiger partial charge in [0.1, 0.15) is 5.76 Å². The largest absolute Gasteiger partial charge is 0.465 e. The van der Waals surface area contributed by atoms with Gasteiger partial charge in [-0.05, 0) is 49.0 Å². The molecule has 1 aliphatic rings. The summed E-state index contributed by atoms with van der Waals surface area (Å²) in [6, 6.07) is 11.6. The zero-order valence-electron chi connectivity index (χ0n) is 13.9. The second-order valence-corrected chi connectivity index (χ2v) is 5.81. The third-order valence-corrected chi connectivity index (χ3v) is 4.26. The van der Waals surface area contributed by atoms with Crippen molar-refractivity contribution in [2.75, 3.05) is 42.9 Å². The Morgan fingerprint density at radius 1 is 1.17 bits per heavy atom. The van der Waals surface area contributed by atoms with Crippen LogP contribution >= 0.6 is 0 Å². The van der Waals surface area contributed by atoms with Gasteiger partial charge in [0.25, 0.3) is 0 Å². The van der Waals surface area contributed by atoms with E-state index in [0.717, 1.165) is 38.4 Å². The highest BCUT2D eigenvalue weighted by molar-refractivity contribution is 6.01. The van der Waals surface area contributed by atoms with Crippen LogP contribution in [0.25, 0.3) is 6.08 Å². The highest BCUT2D eigenvalue weighted by Gasteiger charge is 2.15. The zero-order chi connectivity index (χ0) is 16.8. The first kappa shape index (κ1) is 16.3. The van der Waals surface area contributed by atoms with Crippen molar-refractivity contribution in [3.63, 3.8) is 0 Å². The Balaban J connectivity index is 1.54. The van der Waals surface area contributed by atoms with Crippen molar-refractivity contribution in [3.05, 3.63) is 54.5 Å². The van der Waals surface area contributed by atoms with Crippen molar-refractivity contribution in [2.45, 2.75) is 6.92 Å². The van der Waals surface area contributed by atoms with E-state index >= 15 is 0 Å². The molecule has 1 fully saturated rings. The van der Waals surface area contributed by atoms with Crippen molar-refractivity contribution in [3.8, 4) is 0 Å². The molecule has 3 rings (SSSR count). The van der Waals surface area contributed by atoms with Crippen molar-refractivity contribution >= 4 is 23.4 Å². The van der Waals surface area contributed by atoms with Gasteiger partial charge < -0.3 is 19.5 Å². The Hall–Kier alpha value is -2.53. The number of nitrogens with one attached hydrogen (secondary N) is 1. The van der Waals surface area contributed by atoms with Crippen LogP contribution in [0.15, 0.2) is 53.2 Å². The molecule has 2 aromatic rings. The number of furan rings is 1. The van der Waals surface area contributed by atoms with Gasteiger partial charge in [0.05, 0.1) is 6.26 Å². The first-order valence-electron chi connectivity index (χ1n) is 8.34. The molecule has 1 N–H and O–H groups in total. The number of amides is 1. The average molecular weight is 325 g/mol. The number of piperazine rings is 1. The van der Waals surface area contributed by atoms with E-state index in [1.807, 2.05) is 12.1 Å². The fraction of sp³-hybridized carbons (Fsp3) is 0.316. The molecule has 0 atom stereocenters. The molecule has 1 aromatic heterocycles. The van der Waals surface area contributed by atoms with Crippen LogP contribution in [0.5, 0.6) is 0 Å². The van der Waals surface area contributed by atoms with Crippen LogP contribution in [0.2, 0.25) is 0 Å². The molecule has 1 saturated heterocycles. The third-order valence-electron chi connectivity index (χ3n) is 4.26. The molecule has 5 heteroatoms. The normalized spacial score (nSPS) is 15.8. The number of nitrogens with zero attached hydrogens (tertiary/aromatic N) is 2. The summed E-state index contributed by atoms with van der Waals surface area (Å²) >= 11 is 0. The highest BCUT2D eigenvalue weighted by Crippen LogP contribution is 2.19. The minimum absolute atomic E-state index is 0.171. The Bertz CT molecular complexity index is 669. The van der Waals surface area contributed by atoms with Crippen LogP contribution in [0.1, 0.15) is 12.7 Å². The number of carbonyl (C=O) groups is 1. The van der Waals surface area contributed by atoms with Crippen molar-refractivity contribution in [1.29, 1.82) is 0 Å². The summed E-state index contributed by atoms with van der Waals surface area (Å²) in [5, 5.41) is 2.86. The lowest BCUT2D eigenvalue weighted by Gasteiger charge is -2.35. The van der Waals surface area contributed by atoms with Gasteiger partial charge in [-0.2, -0.15) is 0 Å². The molecule has 2 heterocycles. The number of likely N-dealkylation sites (N-methyl/N-ethyl adjacent to an activating group) is 1. The van der Waals surface area contributed by atoms with E-state index < -0.39 is 0 Å². The van der Waals surface area contributed by atoms with E-state index in [0.29, 0.717) is 5.76 Å². The Labute approximate surface area is 142 Å². The number of carbonyl (C=O) groups excluding carboxylic acids is 1. The summed E-state index contributed by atoms with van der Waals surface area (Å²) in [5.41, 5.74) is 2.00. The molecule has 1 amide bonds. The van der Waals surface area contributed by atoms with Crippen LogP contribution in [0, 0.1) is 0 Å². The van der Waals surface area contributed by atoms with Gasteiger partial charge in [0, 0.05) is 43.6 Å². The number of hydrogen-bond donors (Lipinski definition) is 1. The summed E-state index contributed by atoms with van der Waals surface area (Å²) < 4.78 is 5.16. The predicted octanol–water partition coefficient (Wildman–Crippen LogP) is 3.07. The molecular formula is C19H23N3O2. The Morgan fingerprint density at radius 3 is 2.54 bits per heavy atom. The lowest BCUT2D eigenvalue weighted by molar-refractivity contribution is -0.111. The number of rotatable bonds is 5. The van der Waals surface area contributed by atoms with Crippen LogP contribution in [0.4, 0.5) is 11.4 Å². The minimum atomic E-state index is -0.171. The average Bonchev–Trinajstić information content (AvgIpc) is 3.14. The SMILES string of the molecule is CCN1CCN(c2ccc(NC(=O)C=Cc3ccco3)cc2)CC1. The van der Waals surface area contributed by atoms with E-state index in [1.54, 1.807) is 24.5 Å². The molecule has 0 radical (unpaired) electrons. The molecule has 126 valence electrons. The molecule has 0 unspecified atom stereocenters. The van der Waals surface area contributed by atoms with Crippen LogP contribution in [-0.4, -0.2) is 43.5 Å². The topological polar surface area (TPSA) is 48.7 Å². The molecule has 24 heavy (non-hydrogen) atoms. The summed E-state index contributed by atoms with van der Waals surface area (Å²) in [5.74, 6) is 0.488. The van der Waals surface area contributed by atoms with Crippen molar-refractivity contribution < 1.29 is 9.21 Å². The molecule has 1 aromatic carbocycles. The minimum Gasteiger partial charge on any atom is -0.465 e. The van der Waals surface area contributed by atoms with Crippen LogP contribution in [-0.2, 0) is 4.79 Å². The zero-order valence-corrected chi connectivity index (χ0v) is 13.9. The highest BCUT2D eigenvalue weighted by atomic mass is 16.3. The summed E-state index contributed by atoms with van der Waals surface area (Å²) in [6.07, 6.45) is 4.70. The molecular weight excluding hydrogens is 302 g/mol. The van der Waals surface area contributed by atoms with E-state index in [2.05, 4.69) is 34.2 Å². The van der Waals surface area contributed by atoms with Gasteiger partial charge >= 0.3 is 0 Å². The fourth-order valence-electron chi connectivity index (χ4n) is 2.81. The Morgan fingerprint density at radius 2 is 1.92 bits per heavy atom. The quantitative estimate of drug-likeness (QED) is 0.858. The smallest absolute Gasteiger partial charge is 0.248 e. The van der Waals surface area contributed by atoms with E-state index in [9.17, 15) is 4.79 Å². The molecule has 1 aliphatic heterocycles. The monoisotopic (exact) mass is 325 g/mol. The molecule has 0 bridgehead atoms. The second-order valence-electron chi connectivity index (χ2n) is 5.81. The maximum atomic E-state index is 11.9. The van der Waals surface area contributed by atoms with E-state index in [-0.39, 0.29) is 5.91 Å². The number of hydrogen-bond acceptors (Lipinski definition) is 4. The summed E-state index contributed by atoms with van der Waals surface area (Å²) in [4.78, 5) is 16.7. The van der Waals surface area contributed by atoms with Gasteiger partial charge in [-0.3, -0.25) is 4.79 Å². The van der Waals surface area contributed by atoms with Crippen molar-refractivity contribution in [2.24, 2.45) is 0 Å². The van der Waals surface area contributed by atoms with Gasteiger partial charge in [-0.1, -0.05) is 6.92 Å². The second kappa shape index (κ2) is 7.84. The van der Waals surface area contributed by atoms with E-state index in [4.69, 9.17) is 4.42 Å². The van der Waals surface area contributed by atoms with Gasteiger partial charge in [-0.15, -0.1) is 0 Å². The first-order valence-corrected chi connectivity index (χ1v) is 8.34. The maximum absolute atomic E-state index is 11.9.